The maximum atomic E-state index is 11.9. The lowest BCUT2D eigenvalue weighted by molar-refractivity contribution is 0.0952. The number of benzene rings is 2. The van der Waals surface area contributed by atoms with Crippen molar-refractivity contribution < 1.29 is 14.3 Å². The van der Waals surface area contributed by atoms with Gasteiger partial charge >= 0.3 is 6.09 Å². The van der Waals surface area contributed by atoms with Crippen LogP contribution in [0.4, 0.5) is 4.79 Å². The smallest absolute Gasteiger partial charge is 0.407 e. The highest BCUT2D eigenvalue weighted by molar-refractivity contribution is 6.33. The summed E-state index contributed by atoms with van der Waals surface area (Å²) in [5.74, 6) is -0.282. The van der Waals surface area contributed by atoms with Gasteiger partial charge < -0.3 is 15.4 Å². The van der Waals surface area contributed by atoms with Crippen LogP contribution in [-0.2, 0) is 11.3 Å². The van der Waals surface area contributed by atoms with Gasteiger partial charge in [-0.25, -0.2) is 4.79 Å². The third kappa shape index (κ3) is 5.64. The van der Waals surface area contributed by atoms with Gasteiger partial charge in [0.05, 0.1) is 10.6 Å². The Hall–Kier alpha value is -2.53. The molecule has 2 aromatic carbocycles. The van der Waals surface area contributed by atoms with Crippen molar-refractivity contribution in [3.63, 3.8) is 0 Å². The standard InChI is InChI=1S/C17H17ClN2O3/c18-15-9-5-4-8-14(15)16(21)19-10-11-20-17(22)23-12-13-6-2-1-3-7-13/h1-9H,10-12H2,(H,19,21)(H,20,22). The molecule has 0 aromatic heterocycles. The van der Waals surface area contributed by atoms with Gasteiger partial charge in [-0.05, 0) is 17.7 Å². The summed E-state index contributed by atoms with van der Waals surface area (Å²) in [7, 11) is 0. The van der Waals surface area contributed by atoms with E-state index in [0.29, 0.717) is 10.6 Å². The van der Waals surface area contributed by atoms with Gasteiger partial charge in [-0.3, -0.25) is 4.79 Å². The summed E-state index contributed by atoms with van der Waals surface area (Å²) in [6.45, 7) is 0.757. The van der Waals surface area contributed by atoms with E-state index in [9.17, 15) is 9.59 Å². The second kappa shape index (κ2) is 8.80. The fourth-order valence-corrected chi connectivity index (χ4v) is 2.08. The fourth-order valence-electron chi connectivity index (χ4n) is 1.86. The Morgan fingerprint density at radius 2 is 1.57 bits per heavy atom. The zero-order valence-electron chi connectivity index (χ0n) is 12.4. The Morgan fingerprint density at radius 3 is 2.30 bits per heavy atom. The lowest BCUT2D eigenvalue weighted by Crippen LogP contribution is -2.35. The van der Waals surface area contributed by atoms with E-state index >= 15 is 0 Å². The highest BCUT2D eigenvalue weighted by Crippen LogP contribution is 2.14. The molecule has 0 aliphatic carbocycles. The first-order valence-electron chi connectivity index (χ1n) is 7.14. The third-order valence-electron chi connectivity index (χ3n) is 3.01. The molecule has 5 nitrogen and oxygen atoms in total. The van der Waals surface area contributed by atoms with E-state index in [1.807, 2.05) is 30.3 Å². The van der Waals surface area contributed by atoms with Crippen molar-refractivity contribution in [2.75, 3.05) is 13.1 Å². The number of hydrogen-bond acceptors (Lipinski definition) is 3. The first-order valence-corrected chi connectivity index (χ1v) is 7.52. The largest absolute Gasteiger partial charge is 0.445 e. The molecular weight excluding hydrogens is 316 g/mol. The van der Waals surface area contributed by atoms with Crippen LogP contribution < -0.4 is 10.6 Å². The van der Waals surface area contributed by atoms with E-state index < -0.39 is 6.09 Å². The van der Waals surface area contributed by atoms with Gasteiger partial charge in [-0.1, -0.05) is 54.1 Å². The number of carbonyl (C=O) groups excluding carboxylic acids is 2. The number of rotatable bonds is 6. The number of amides is 2. The first kappa shape index (κ1) is 16.8. The van der Waals surface area contributed by atoms with Crippen LogP contribution in [0.2, 0.25) is 5.02 Å². The van der Waals surface area contributed by atoms with Crippen LogP contribution in [0.5, 0.6) is 0 Å². The van der Waals surface area contributed by atoms with E-state index in [4.69, 9.17) is 16.3 Å². The monoisotopic (exact) mass is 332 g/mol. The Morgan fingerprint density at radius 1 is 0.913 bits per heavy atom. The van der Waals surface area contributed by atoms with Crippen LogP contribution in [-0.4, -0.2) is 25.1 Å². The summed E-state index contributed by atoms with van der Waals surface area (Å²) in [5.41, 5.74) is 1.32. The molecule has 0 atom stereocenters. The van der Waals surface area contributed by atoms with Crippen LogP contribution in [0, 0.1) is 0 Å². The minimum Gasteiger partial charge on any atom is -0.445 e. The molecule has 0 unspecified atom stereocenters. The molecule has 0 radical (unpaired) electrons. The third-order valence-corrected chi connectivity index (χ3v) is 3.34. The average Bonchev–Trinajstić information content (AvgIpc) is 2.58. The second-order valence-electron chi connectivity index (χ2n) is 4.72. The predicted molar refractivity (Wildman–Crippen MR) is 88.4 cm³/mol. The average molecular weight is 333 g/mol. The summed E-state index contributed by atoms with van der Waals surface area (Å²) in [4.78, 5) is 23.4. The molecule has 2 aromatic rings. The zero-order chi connectivity index (χ0) is 16.5. The highest BCUT2D eigenvalue weighted by Gasteiger charge is 2.08. The quantitative estimate of drug-likeness (QED) is 0.799. The summed E-state index contributed by atoms with van der Waals surface area (Å²) >= 11 is 5.93. The van der Waals surface area contributed by atoms with Crippen LogP contribution in [0.1, 0.15) is 15.9 Å². The van der Waals surface area contributed by atoms with Crippen molar-refractivity contribution in [1.29, 1.82) is 0 Å². The maximum Gasteiger partial charge on any atom is 0.407 e. The van der Waals surface area contributed by atoms with Gasteiger partial charge in [0.2, 0.25) is 0 Å². The van der Waals surface area contributed by atoms with Crippen molar-refractivity contribution in [3.8, 4) is 0 Å². The molecule has 0 heterocycles. The number of carbonyl (C=O) groups is 2. The van der Waals surface area contributed by atoms with Crippen molar-refractivity contribution in [2.24, 2.45) is 0 Å². The molecule has 120 valence electrons. The predicted octanol–water partition coefficient (Wildman–Crippen LogP) is 3.00. The maximum absolute atomic E-state index is 11.9. The number of alkyl carbamates (subject to hydrolysis) is 1. The van der Waals surface area contributed by atoms with Gasteiger partial charge in [0.25, 0.3) is 5.91 Å². The van der Waals surface area contributed by atoms with Crippen molar-refractivity contribution in [1.82, 2.24) is 10.6 Å². The van der Waals surface area contributed by atoms with Crippen LogP contribution in [0.3, 0.4) is 0 Å². The van der Waals surface area contributed by atoms with E-state index in [1.54, 1.807) is 24.3 Å². The number of hydrogen-bond donors (Lipinski definition) is 2. The Bertz CT molecular complexity index is 662. The molecule has 0 aliphatic heterocycles. The first-order chi connectivity index (χ1) is 11.2. The van der Waals surface area contributed by atoms with Gasteiger partial charge in [0.1, 0.15) is 6.61 Å². The minimum atomic E-state index is -0.527. The van der Waals surface area contributed by atoms with Crippen molar-refractivity contribution >= 4 is 23.6 Å². The van der Waals surface area contributed by atoms with Crippen LogP contribution >= 0.6 is 11.6 Å². The molecule has 0 saturated carbocycles. The topological polar surface area (TPSA) is 67.4 Å². The fraction of sp³-hybridized carbons (Fsp3) is 0.176. The second-order valence-corrected chi connectivity index (χ2v) is 5.13. The van der Waals surface area contributed by atoms with Gasteiger partial charge in [0, 0.05) is 13.1 Å². The molecule has 2 rings (SSSR count). The molecule has 0 aliphatic rings. The summed E-state index contributed by atoms with van der Waals surface area (Å²) in [6, 6.07) is 16.2. The Kier molecular flexibility index (Phi) is 6.44. The van der Waals surface area contributed by atoms with E-state index in [0.717, 1.165) is 5.56 Å². The van der Waals surface area contributed by atoms with Crippen LogP contribution in [0.25, 0.3) is 0 Å². The molecule has 2 N–H and O–H groups in total. The molecule has 23 heavy (non-hydrogen) atoms. The minimum absolute atomic E-state index is 0.207. The number of ether oxygens (including phenoxy) is 1. The van der Waals surface area contributed by atoms with Crippen LogP contribution in [0.15, 0.2) is 54.6 Å². The van der Waals surface area contributed by atoms with E-state index in [-0.39, 0.29) is 25.6 Å². The van der Waals surface area contributed by atoms with Crippen molar-refractivity contribution in [3.05, 3.63) is 70.7 Å². The molecule has 0 bridgehead atoms. The van der Waals surface area contributed by atoms with Gasteiger partial charge in [-0.15, -0.1) is 0 Å². The molecule has 2 amide bonds. The lowest BCUT2D eigenvalue weighted by Gasteiger charge is -2.09. The van der Waals surface area contributed by atoms with Gasteiger partial charge in [0.15, 0.2) is 0 Å². The van der Waals surface area contributed by atoms with E-state index in [2.05, 4.69) is 10.6 Å². The summed E-state index contributed by atoms with van der Waals surface area (Å²) in [5, 5.41) is 5.63. The SMILES string of the molecule is O=C(NCCNC(=O)c1ccccc1Cl)OCc1ccccc1. The normalized spacial score (nSPS) is 9.96. The van der Waals surface area contributed by atoms with Crippen molar-refractivity contribution in [2.45, 2.75) is 6.61 Å². The Labute approximate surface area is 139 Å². The number of halogens is 1. The summed E-state index contributed by atoms with van der Waals surface area (Å²) in [6.07, 6.45) is -0.527. The molecular formula is C17H17ClN2O3. The zero-order valence-corrected chi connectivity index (χ0v) is 13.2. The molecule has 0 fully saturated rings. The molecule has 0 spiro atoms. The highest BCUT2D eigenvalue weighted by atomic mass is 35.5. The van der Waals surface area contributed by atoms with Gasteiger partial charge in [-0.2, -0.15) is 0 Å². The molecule has 6 heteroatoms. The molecule has 0 saturated heterocycles. The summed E-state index contributed by atoms with van der Waals surface area (Å²) < 4.78 is 5.06. The Balaban J connectivity index is 1.64. The number of nitrogens with one attached hydrogen (secondary N) is 2. The van der Waals surface area contributed by atoms with E-state index in [1.165, 1.54) is 0 Å². The lowest BCUT2D eigenvalue weighted by atomic mass is 10.2.